The topological polar surface area (TPSA) is 62.5 Å². The van der Waals surface area contributed by atoms with Crippen LogP contribution in [0.4, 0.5) is 0 Å². The molecule has 2 unspecified atom stereocenters. The average Bonchev–Trinajstić information content (AvgIpc) is 2.87. The van der Waals surface area contributed by atoms with Gasteiger partial charge in [0.15, 0.2) is 0 Å². The number of aromatic nitrogens is 1. The molecule has 1 saturated heterocycles. The Hall–Kier alpha value is -1.90. The summed E-state index contributed by atoms with van der Waals surface area (Å²) in [5.74, 6) is 6.20. The second kappa shape index (κ2) is 6.70. The number of pyridine rings is 1. The molecule has 112 valence electrons. The van der Waals surface area contributed by atoms with Gasteiger partial charge in [-0.3, -0.25) is 9.78 Å². The zero-order valence-corrected chi connectivity index (χ0v) is 12.8. The van der Waals surface area contributed by atoms with Crippen molar-refractivity contribution in [3.8, 4) is 11.8 Å². The van der Waals surface area contributed by atoms with Gasteiger partial charge in [-0.1, -0.05) is 18.8 Å². The predicted molar refractivity (Wildman–Crippen MR) is 82.7 cm³/mol. The molecule has 1 fully saturated rings. The number of carbonyl (C=O) groups is 1. The van der Waals surface area contributed by atoms with Crippen molar-refractivity contribution in [2.24, 2.45) is 11.7 Å². The molecule has 2 atom stereocenters. The Labute approximate surface area is 126 Å². The fourth-order valence-corrected chi connectivity index (χ4v) is 2.78. The van der Waals surface area contributed by atoms with E-state index in [2.05, 4.69) is 42.7 Å². The smallest absolute Gasteiger partial charge is 0.255 e. The molecule has 21 heavy (non-hydrogen) atoms. The maximum atomic E-state index is 12.7. The molecule has 0 spiro atoms. The normalized spacial score (nSPS) is 21.3. The van der Waals surface area contributed by atoms with Crippen molar-refractivity contribution in [2.45, 2.75) is 13.0 Å². The zero-order chi connectivity index (χ0) is 15.4. The maximum Gasteiger partial charge on any atom is 0.255 e. The maximum absolute atomic E-state index is 12.7. The van der Waals surface area contributed by atoms with E-state index in [1.165, 1.54) is 0 Å². The van der Waals surface area contributed by atoms with E-state index in [0.717, 1.165) is 13.1 Å². The molecule has 0 radical (unpaired) electrons. The number of likely N-dealkylation sites (tertiary alicyclic amines) is 1. The van der Waals surface area contributed by atoms with Gasteiger partial charge >= 0.3 is 0 Å². The number of carbonyl (C=O) groups excluding carboxylic acids is 1. The molecule has 1 aliphatic heterocycles. The quantitative estimate of drug-likeness (QED) is 0.800. The summed E-state index contributed by atoms with van der Waals surface area (Å²) in [5, 5.41) is 0. The Morgan fingerprint density at radius 2 is 2.29 bits per heavy atom. The lowest BCUT2D eigenvalue weighted by atomic mass is 10.1. The van der Waals surface area contributed by atoms with Gasteiger partial charge in [0.05, 0.1) is 17.7 Å². The van der Waals surface area contributed by atoms with Gasteiger partial charge in [0.1, 0.15) is 0 Å². The van der Waals surface area contributed by atoms with Gasteiger partial charge in [0.25, 0.3) is 5.91 Å². The molecule has 2 rings (SSSR count). The molecule has 1 aliphatic rings. The lowest BCUT2D eigenvalue weighted by Gasteiger charge is -2.22. The first-order chi connectivity index (χ1) is 10.0. The lowest BCUT2D eigenvalue weighted by molar-refractivity contribution is 0.0781. The minimum atomic E-state index is 0.0231. The van der Waals surface area contributed by atoms with Crippen LogP contribution in [-0.2, 0) is 0 Å². The molecule has 5 nitrogen and oxygen atoms in total. The van der Waals surface area contributed by atoms with Crippen LogP contribution in [0.2, 0.25) is 0 Å². The predicted octanol–water partition coefficient (Wildman–Crippen LogP) is 0.414. The largest absolute Gasteiger partial charge is 0.337 e. The second-order valence-corrected chi connectivity index (χ2v) is 5.65. The van der Waals surface area contributed by atoms with Crippen LogP contribution in [0, 0.1) is 17.8 Å². The highest BCUT2D eigenvalue weighted by molar-refractivity contribution is 5.96. The van der Waals surface area contributed by atoms with Crippen LogP contribution in [0.5, 0.6) is 0 Å². The minimum absolute atomic E-state index is 0.0231. The van der Waals surface area contributed by atoms with Gasteiger partial charge in [-0.05, 0) is 26.1 Å². The monoisotopic (exact) mass is 286 g/mol. The van der Waals surface area contributed by atoms with Gasteiger partial charge in [-0.15, -0.1) is 0 Å². The van der Waals surface area contributed by atoms with Crippen LogP contribution < -0.4 is 5.73 Å². The summed E-state index contributed by atoms with van der Waals surface area (Å²) in [4.78, 5) is 20.8. The summed E-state index contributed by atoms with van der Waals surface area (Å²) >= 11 is 0. The Morgan fingerprint density at radius 1 is 1.52 bits per heavy atom. The summed E-state index contributed by atoms with van der Waals surface area (Å²) in [7, 11) is 4.11. The number of nitrogens with zero attached hydrogens (tertiary/aromatic N) is 3. The molecule has 1 aromatic heterocycles. The van der Waals surface area contributed by atoms with Gasteiger partial charge in [-0.25, -0.2) is 0 Å². The third-order valence-corrected chi connectivity index (χ3v) is 3.90. The zero-order valence-electron chi connectivity index (χ0n) is 12.8. The SMILES string of the molecule is CC1CN(C(=O)c2ccncc2C#CCN)CC1N(C)C. The molecule has 5 heteroatoms. The van der Waals surface area contributed by atoms with Gasteiger partial charge < -0.3 is 15.5 Å². The molecule has 0 aromatic carbocycles. The van der Waals surface area contributed by atoms with E-state index in [0.29, 0.717) is 23.1 Å². The summed E-state index contributed by atoms with van der Waals surface area (Å²) in [6.45, 7) is 3.97. The standard InChI is InChI=1S/C16H22N4O/c1-12-10-20(11-15(12)19(2)3)16(21)14-6-8-18-9-13(14)5-4-7-17/h6,8-9,12,15H,7,10-11,17H2,1-3H3. The highest BCUT2D eigenvalue weighted by atomic mass is 16.2. The van der Waals surface area contributed by atoms with Gasteiger partial charge in [-0.2, -0.15) is 0 Å². The van der Waals surface area contributed by atoms with E-state index in [1.807, 2.05) is 4.90 Å². The van der Waals surface area contributed by atoms with Crippen LogP contribution in [0.1, 0.15) is 22.8 Å². The fourth-order valence-electron chi connectivity index (χ4n) is 2.78. The van der Waals surface area contributed by atoms with E-state index >= 15 is 0 Å². The van der Waals surface area contributed by atoms with E-state index < -0.39 is 0 Å². The second-order valence-electron chi connectivity index (χ2n) is 5.65. The van der Waals surface area contributed by atoms with Crippen molar-refractivity contribution in [1.82, 2.24) is 14.8 Å². The molecule has 1 amide bonds. The Balaban J connectivity index is 2.22. The highest BCUT2D eigenvalue weighted by Crippen LogP contribution is 2.22. The first-order valence-electron chi connectivity index (χ1n) is 7.13. The van der Waals surface area contributed by atoms with Crippen molar-refractivity contribution in [1.29, 1.82) is 0 Å². The molecular formula is C16H22N4O. The van der Waals surface area contributed by atoms with Crippen molar-refractivity contribution >= 4 is 5.91 Å². The number of likely N-dealkylation sites (N-methyl/N-ethyl adjacent to an activating group) is 1. The summed E-state index contributed by atoms with van der Waals surface area (Å²) in [6, 6.07) is 2.13. The van der Waals surface area contributed by atoms with Crippen LogP contribution >= 0.6 is 0 Å². The third kappa shape index (κ3) is 3.41. The van der Waals surface area contributed by atoms with Crippen molar-refractivity contribution in [3.63, 3.8) is 0 Å². The van der Waals surface area contributed by atoms with E-state index in [1.54, 1.807) is 18.5 Å². The van der Waals surface area contributed by atoms with E-state index in [9.17, 15) is 4.79 Å². The highest BCUT2D eigenvalue weighted by Gasteiger charge is 2.34. The van der Waals surface area contributed by atoms with Crippen molar-refractivity contribution in [2.75, 3.05) is 33.7 Å². The summed E-state index contributed by atoms with van der Waals surface area (Å²) < 4.78 is 0. The number of rotatable bonds is 2. The van der Waals surface area contributed by atoms with Gasteiger partial charge in [0, 0.05) is 31.5 Å². The Kier molecular flexibility index (Phi) is 4.94. The van der Waals surface area contributed by atoms with Crippen LogP contribution in [0.25, 0.3) is 0 Å². The summed E-state index contributed by atoms with van der Waals surface area (Å²) in [5.41, 5.74) is 6.66. The molecule has 0 saturated carbocycles. The lowest BCUT2D eigenvalue weighted by Crippen LogP contribution is -2.36. The molecule has 0 aliphatic carbocycles. The molecule has 1 aromatic rings. The number of hydrogen-bond donors (Lipinski definition) is 1. The van der Waals surface area contributed by atoms with Crippen molar-refractivity contribution in [3.05, 3.63) is 29.6 Å². The van der Waals surface area contributed by atoms with E-state index in [4.69, 9.17) is 5.73 Å². The summed E-state index contributed by atoms with van der Waals surface area (Å²) in [6.07, 6.45) is 3.25. The van der Waals surface area contributed by atoms with Crippen LogP contribution in [0.3, 0.4) is 0 Å². The van der Waals surface area contributed by atoms with Crippen LogP contribution in [-0.4, -0.2) is 60.5 Å². The van der Waals surface area contributed by atoms with E-state index in [-0.39, 0.29) is 12.5 Å². The van der Waals surface area contributed by atoms with Crippen LogP contribution in [0.15, 0.2) is 18.5 Å². The first-order valence-corrected chi connectivity index (χ1v) is 7.13. The number of hydrogen-bond acceptors (Lipinski definition) is 4. The molecular weight excluding hydrogens is 264 g/mol. The first kappa shape index (κ1) is 15.5. The number of amides is 1. The molecule has 2 heterocycles. The molecule has 2 N–H and O–H groups in total. The molecule has 0 bridgehead atoms. The van der Waals surface area contributed by atoms with Gasteiger partial charge in [0.2, 0.25) is 0 Å². The van der Waals surface area contributed by atoms with Crippen molar-refractivity contribution < 1.29 is 4.79 Å². The number of nitrogens with two attached hydrogens (primary N) is 1. The fraction of sp³-hybridized carbons (Fsp3) is 0.500. The average molecular weight is 286 g/mol. The minimum Gasteiger partial charge on any atom is -0.337 e. The Bertz CT molecular complexity index is 573. The third-order valence-electron chi connectivity index (χ3n) is 3.90. The Morgan fingerprint density at radius 3 is 2.90 bits per heavy atom.